The lowest BCUT2D eigenvalue weighted by molar-refractivity contribution is 0.683. The third-order valence-electron chi connectivity index (χ3n) is 1.68. The largest absolute Gasteiger partial charge is 0.103 e. The van der Waals surface area contributed by atoms with Crippen molar-refractivity contribution in [3.05, 3.63) is 12.7 Å². The Hall–Kier alpha value is -0.170. The van der Waals surface area contributed by atoms with Gasteiger partial charge < -0.3 is 0 Å². The summed E-state index contributed by atoms with van der Waals surface area (Å²) in [4.78, 5) is 1.16. The number of hydrogen-bond acceptors (Lipinski definition) is 1. The topological polar surface area (TPSA) is 0 Å². The molecule has 64 valence electrons. The fourth-order valence-corrected chi connectivity index (χ4v) is 1.27. The summed E-state index contributed by atoms with van der Waals surface area (Å²) < 4.78 is 0. The second kappa shape index (κ2) is 7.93. The van der Waals surface area contributed by atoms with Crippen LogP contribution in [0.15, 0.2) is 12.7 Å². The first-order valence-electron chi connectivity index (χ1n) is 4.43. The van der Waals surface area contributed by atoms with Crippen LogP contribution < -0.4 is 0 Å². The van der Waals surface area contributed by atoms with Gasteiger partial charge >= 0.3 is 0 Å². The van der Waals surface area contributed by atoms with Gasteiger partial charge in [-0.3, -0.25) is 0 Å². The van der Waals surface area contributed by atoms with E-state index in [1.54, 1.807) is 0 Å². The molecule has 1 heteroatoms. The van der Waals surface area contributed by atoms with Crippen LogP contribution in [0.4, 0.5) is 0 Å². The van der Waals surface area contributed by atoms with Gasteiger partial charge in [-0.2, -0.15) is 0 Å². The number of hydrogen-bond donors (Lipinski definition) is 0. The molecule has 0 heterocycles. The predicted molar refractivity (Wildman–Crippen MR) is 56.2 cm³/mol. The Labute approximate surface area is 75.7 Å². The molecular weight excluding hydrogens is 152 g/mol. The number of unbranched alkanes of at least 4 members (excludes halogenated alkanes) is 3. The first kappa shape index (κ1) is 10.8. The van der Waals surface area contributed by atoms with Gasteiger partial charge in [0, 0.05) is 0 Å². The second-order valence-corrected chi connectivity index (χ2v) is 3.42. The molecule has 0 N–H and O–H groups in total. The summed E-state index contributed by atoms with van der Waals surface area (Å²) in [5.41, 5.74) is 0. The van der Waals surface area contributed by atoms with Crippen LogP contribution >= 0.6 is 12.2 Å². The van der Waals surface area contributed by atoms with E-state index in [-0.39, 0.29) is 0 Å². The maximum absolute atomic E-state index is 5.13. The zero-order valence-electron chi connectivity index (χ0n) is 7.44. The highest BCUT2D eigenvalue weighted by Gasteiger charge is 1.93. The first-order valence-corrected chi connectivity index (χ1v) is 4.84. The maximum atomic E-state index is 5.13. The molecule has 0 nitrogen and oxygen atoms in total. The molecule has 0 aliphatic carbocycles. The maximum Gasteiger partial charge on any atom is -0.00340 e. The lowest BCUT2D eigenvalue weighted by atomic mass is 10.1. The van der Waals surface area contributed by atoms with Crippen LogP contribution in [0.1, 0.15) is 45.4 Å². The molecule has 0 rings (SSSR count). The van der Waals surface area contributed by atoms with Crippen LogP contribution in [-0.4, -0.2) is 4.86 Å². The molecule has 0 aromatic heterocycles. The average molecular weight is 170 g/mol. The molecule has 0 aliphatic rings. The lowest BCUT2D eigenvalue weighted by Gasteiger charge is -1.99. The molecule has 0 aromatic rings. The Bertz CT molecular complexity index is 116. The lowest BCUT2D eigenvalue weighted by Crippen LogP contribution is -1.91. The Morgan fingerprint density at radius 3 is 2.64 bits per heavy atom. The fourth-order valence-electron chi connectivity index (χ4n) is 1.01. The number of rotatable bonds is 7. The van der Waals surface area contributed by atoms with Gasteiger partial charge in [-0.1, -0.05) is 44.5 Å². The van der Waals surface area contributed by atoms with E-state index in [4.69, 9.17) is 12.2 Å². The molecule has 0 saturated carbocycles. The molecule has 0 saturated heterocycles. The van der Waals surface area contributed by atoms with Crippen molar-refractivity contribution in [2.45, 2.75) is 45.4 Å². The molecule has 0 bridgehead atoms. The predicted octanol–water partition coefficient (Wildman–Crippen LogP) is 3.90. The van der Waals surface area contributed by atoms with E-state index in [2.05, 4.69) is 13.5 Å². The molecule has 0 amide bonds. The number of thiocarbonyl (C=S) groups is 1. The normalized spacial score (nSPS) is 9.55. The van der Waals surface area contributed by atoms with Gasteiger partial charge in [0.2, 0.25) is 0 Å². The third-order valence-corrected chi connectivity index (χ3v) is 2.05. The highest BCUT2D eigenvalue weighted by Crippen LogP contribution is 2.05. The quantitative estimate of drug-likeness (QED) is 0.317. The van der Waals surface area contributed by atoms with Crippen LogP contribution in [0.3, 0.4) is 0 Å². The van der Waals surface area contributed by atoms with Crippen LogP contribution in [0.25, 0.3) is 0 Å². The van der Waals surface area contributed by atoms with Crippen molar-refractivity contribution in [3.8, 4) is 0 Å². The summed E-state index contributed by atoms with van der Waals surface area (Å²) in [5.74, 6) is 0. The molecule has 0 unspecified atom stereocenters. The summed E-state index contributed by atoms with van der Waals surface area (Å²) in [5, 5.41) is 0. The van der Waals surface area contributed by atoms with Crippen LogP contribution in [0, 0.1) is 0 Å². The average Bonchev–Trinajstić information content (AvgIpc) is 1.99. The van der Waals surface area contributed by atoms with Crippen molar-refractivity contribution in [1.29, 1.82) is 0 Å². The van der Waals surface area contributed by atoms with E-state index in [0.29, 0.717) is 0 Å². The van der Waals surface area contributed by atoms with E-state index < -0.39 is 0 Å². The summed E-state index contributed by atoms with van der Waals surface area (Å²) >= 11 is 5.13. The standard InChI is InChI=1S/C10H18S/c1-3-5-6-7-9-10(11)8-4-2/h4H,2-3,5-9H2,1H3. The SMILES string of the molecule is C=CCC(=S)CCCCCC. The van der Waals surface area contributed by atoms with Gasteiger partial charge in [0.15, 0.2) is 0 Å². The van der Waals surface area contributed by atoms with Crippen molar-refractivity contribution in [3.63, 3.8) is 0 Å². The van der Waals surface area contributed by atoms with E-state index in [1.165, 1.54) is 25.7 Å². The van der Waals surface area contributed by atoms with Crippen molar-refractivity contribution in [2.24, 2.45) is 0 Å². The molecule has 0 spiro atoms. The summed E-state index contributed by atoms with van der Waals surface area (Å²) in [6, 6.07) is 0. The van der Waals surface area contributed by atoms with Gasteiger partial charge in [0.05, 0.1) is 0 Å². The van der Waals surface area contributed by atoms with E-state index in [1.807, 2.05) is 6.08 Å². The minimum absolute atomic E-state index is 0.918. The van der Waals surface area contributed by atoms with E-state index in [0.717, 1.165) is 17.7 Å². The molecule has 0 atom stereocenters. The number of allylic oxidation sites excluding steroid dienone is 1. The molecule has 11 heavy (non-hydrogen) atoms. The van der Waals surface area contributed by atoms with Crippen LogP contribution in [0.2, 0.25) is 0 Å². The van der Waals surface area contributed by atoms with Crippen molar-refractivity contribution >= 4 is 17.1 Å². The second-order valence-electron chi connectivity index (χ2n) is 2.84. The fraction of sp³-hybridized carbons (Fsp3) is 0.700. The highest BCUT2D eigenvalue weighted by atomic mass is 32.1. The Morgan fingerprint density at radius 2 is 2.09 bits per heavy atom. The monoisotopic (exact) mass is 170 g/mol. The Balaban J connectivity index is 3.10. The van der Waals surface area contributed by atoms with Gasteiger partial charge in [-0.05, 0) is 24.1 Å². The van der Waals surface area contributed by atoms with Crippen molar-refractivity contribution in [1.82, 2.24) is 0 Å². The third kappa shape index (κ3) is 7.73. The molecular formula is C10H18S. The summed E-state index contributed by atoms with van der Waals surface area (Å²) in [7, 11) is 0. The summed E-state index contributed by atoms with van der Waals surface area (Å²) in [6.07, 6.45) is 9.16. The zero-order valence-corrected chi connectivity index (χ0v) is 8.25. The molecule has 0 fully saturated rings. The van der Waals surface area contributed by atoms with Crippen LogP contribution in [-0.2, 0) is 0 Å². The van der Waals surface area contributed by atoms with E-state index in [9.17, 15) is 0 Å². The Kier molecular flexibility index (Phi) is 7.81. The van der Waals surface area contributed by atoms with Gasteiger partial charge in [-0.15, -0.1) is 6.58 Å². The minimum Gasteiger partial charge on any atom is -0.103 e. The molecule has 0 aliphatic heterocycles. The first-order chi connectivity index (χ1) is 5.31. The highest BCUT2D eigenvalue weighted by molar-refractivity contribution is 7.80. The minimum atomic E-state index is 0.918. The van der Waals surface area contributed by atoms with Crippen molar-refractivity contribution < 1.29 is 0 Å². The smallest absolute Gasteiger partial charge is 0.00340 e. The Morgan fingerprint density at radius 1 is 1.36 bits per heavy atom. The van der Waals surface area contributed by atoms with Crippen molar-refractivity contribution in [2.75, 3.05) is 0 Å². The molecule has 0 radical (unpaired) electrons. The van der Waals surface area contributed by atoms with E-state index >= 15 is 0 Å². The zero-order chi connectivity index (χ0) is 8.53. The van der Waals surface area contributed by atoms with Gasteiger partial charge in [0.25, 0.3) is 0 Å². The van der Waals surface area contributed by atoms with Crippen LogP contribution in [0.5, 0.6) is 0 Å². The van der Waals surface area contributed by atoms with Gasteiger partial charge in [0.1, 0.15) is 0 Å². The molecule has 0 aromatic carbocycles. The summed E-state index contributed by atoms with van der Waals surface area (Å²) in [6.45, 7) is 5.88. The van der Waals surface area contributed by atoms with Gasteiger partial charge in [-0.25, -0.2) is 0 Å².